The molecular formula is C17H12Cl2N2O4. The van der Waals surface area contributed by atoms with Crippen molar-refractivity contribution in [2.75, 3.05) is 6.61 Å². The van der Waals surface area contributed by atoms with Gasteiger partial charge in [-0.1, -0.05) is 23.2 Å². The number of benzene rings is 2. The average Bonchev–Trinajstić information content (AvgIpc) is 2.57. The number of nitro benzene ring substituents is 1. The largest absolute Gasteiger partial charge is 0.493 e. The van der Waals surface area contributed by atoms with Crippen molar-refractivity contribution in [2.45, 2.75) is 13.3 Å². The molecule has 0 saturated carbocycles. The number of nitro groups is 1. The smallest absolute Gasteiger partial charge is 0.274 e. The van der Waals surface area contributed by atoms with Crippen molar-refractivity contribution in [2.24, 2.45) is 0 Å². The van der Waals surface area contributed by atoms with Crippen LogP contribution in [0, 0.1) is 21.4 Å². The average molecular weight is 379 g/mol. The molecule has 0 radical (unpaired) electrons. The maximum Gasteiger partial charge on any atom is 0.274 e. The lowest BCUT2D eigenvalue weighted by atomic mass is 10.00. The highest BCUT2D eigenvalue weighted by atomic mass is 35.5. The van der Waals surface area contributed by atoms with E-state index in [9.17, 15) is 14.9 Å². The van der Waals surface area contributed by atoms with Gasteiger partial charge in [0.2, 0.25) is 0 Å². The second-order valence-electron chi connectivity index (χ2n) is 5.01. The highest BCUT2D eigenvalue weighted by Crippen LogP contribution is 2.32. The first-order valence-corrected chi connectivity index (χ1v) is 7.95. The molecule has 0 aliphatic heterocycles. The monoisotopic (exact) mass is 378 g/mol. The Morgan fingerprint density at radius 3 is 2.56 bits per heavy atom. The molecule has 0 unspecified atom stereocenters. The van der Waals surface area contributed by atoms with Gasteiger partial charge in [-0.25, -0.2) is 0 Å². The van der Waals surface area contributed by atoms with E-state index >= 15 is 0 Å². The first kappa shape index (κ1) is 18.7. The predicted molar refractivity (Wildman–Crippen MR) is 93.5 cm³/mol. The van der Waals surface area contributed by atoms with Crippen molar-refractivity contribution < 1.29 is 14.5 Å². The number of carbonyl (C=O) groups excluding carboxylic acids is 1. The third-order valence-electron chi connectivity index (χ3n) is 3.38. The van der Waals surface area contributed by atoms with Gasteiger partial charge in [0.1, 0.15) is 5.75 Å². The fourth-order valence-electron chi connectivity index (χ4n) is 2.25. The lowest BCUT2D eigenvalue weighted by Gasteiger charge is -2.10. The lowest BCUT2D eigenvalue weighted by molar-refractivity contribution is -0.385. The predicted octanol–water partition coefficient (Wildman–Crippen LogP) is 4.60. The van der Waals surface area contributed by atoms with Crippen molar-refractivity contribution in [3.63, 3.8) is 0 Å². The summed E-state index contributed by atoms with van der Waals surface area (Å²) in [7, 11) is 0. The van der Waals surface area contributed by atoms with Crippen molar-refractivity contribution in [3.05, 3.63) is 67.2 Å². The van der Waals surface area contributed by atoms with Gasteiger partial charge in [0.15, 0.2) is 5.78 Å². The first-order chi connectivity index (χ1) is 11.9. The quantitative estimate of drug-likeness (QED) is 0.416. The second-order valence-corrected chi connectivity index (χ2v) is 5.82. The van der Waals surface area contributed by atoms with Gasteiger partial charge in [-0.2, -0.15) is 5.26 Å². The van der Waals surface area contributed by atoms with Crippen LogP contribution in [0.5, 0.6) is 5.75 Å². The van der Waals surface area contributed by atoms with Crippen LogP contribution in [0.25, 0.3) is 0 Å². The van der Waals surface area contributed by atoms with Crippen molar-refractivity contribution in [1.29, 1.82) is 5.26 Å². The number of nitrogens with zero attached hydrogens (tertiary/aromatic N) is 2. The number of ketones is 1. The number of Topliss-reactive ketones (excluding diaryl/α,β-unsaturated/α-hetero) is 1. The van der Waals surface area contributed by atoms with E-state index in [1.54, 1.807) is 6.92 Å². The van der Waals surface area contributed by atoms with Gasteiger partial charge in [-0.15, -0.1) is 0 Å². The van der Waals surface area contributed by atoms with Gasteiger partial charge in [0.25, 0.3) is 5.69 Å². The number of hydrogen-bond donors (Lipinski definition) is 0. The molecule has 128 valence electrons. The number of hydrogen-bond acceptors (Lipinski definition) is 5. The number of carbonyl (C=O) groups is 1. The summed E-state index contributed by atoms with van der Waals surface area (Å²) in [4.78, 5) is 23.2. The van der Waals surface area contributed by atoms with Crippen molar-refractivity contribution >= 4 is 34.7 Å². The minimum Gasteiger partial charge on any atom is -0.493 e. The fourth-order valence-corrected chi connectivity index (χ4v) is 2.60. The molecule has 0 heterocycles. The van der Waals surface area contributed by atoms with E-state index in [1.165, 1.54) is 24.3 Å². The molecule has 0 spiro atoms. The van der Waals surface area contributed by atoms with E-state index in [2.05, 4.69) is 0 Å². The number of rotatable bonds is 6. The summed E-state index contributed by atoms with van der Waals surface area (Å²) in [5.74, 6) is -0.135. The molecule has 0 amide bonds. The normalized spacial score (nSPS) is 10.2. The van der Waals surface area contributed by atoms with Gasteiger partial charge in [-0.3, -0.25) is 14.9 Å². The Balaban J connectivity index is 2.42. The van der Waals surface area contributed by atoms with Gasteiger partial charge < -0.3 is 4.74 Å². The molecule has 2 aromatic carbocycles. The van der Waals surface area contributed by atoms with Gasteiger partial charge in [0.05, 0.1) is 38.8 Å². The molecule has 0 fully saturated rings. The first-order valence-electron chi connectivity index (χ1n) is 7.19. The zero-order chi connectivity index (χ0) is 18.6. The Morgan fingerprint density at radius 2 is 1.96 bits per heavy atom. The zero-order valence-corrected chi connectivity index (χ0v) is 14.6. The van der Waals surface area contributed by atoms with E-state index in [0.717, 1.165) is 6.07 Å². The standard InChI is InChI=1S/C17H12Cl2N2O4/c1-2-25-17-5-10(9-20)3-4-12(17)16(22)7-11-6-13(18)14(19)8-15(11)21(23)24/h3-6,8H,2,7H2,1H3. The van der Waals surface area contributed by atoms with Crippen molar-refractivity contribution in [1.82, 2.24) is 0 Å². The third-order valence-corrected chi connectivity index (χ3v) is 4.10. The van der Waals surface area contributed by atoms with E-state index < -0.39 is 10.7 Å². The fraction of sp³-hybridized carbons (Fsp3) is 0.176. The van der Waals surface area contributed by atoms with Crippen LogP contribution in [-0.2, 0) is 6.42 Å². The number of halogens is 2. The molecule has 0 N–H and O–H groups in total. The second kappa shape index (κ2) is 7.97. The molecule has 0 aliphatic rings. The van der Waals surface area contributed by atoms with Crippen LogP contribution in [0.4, 0.5) is 5.69 Å². The zero-order valence-electron chi connectivity index (χ0n) is 13.1. The highest BCUT2D eigenvalue weighted by molar-refractivity contribution is 6.42. The summed E-state index contributed by atoms with van der Waals surface area (Å²) in [5.41, 5.74) is 0.451. The minimum atomic E-state index is -0.618. The highest BCUT2D eigenvalue weighted by Gasteiger charge is 2.22. The van der Waals surface area contributed by atoms with E-state index in [4.69, 9.17) is 33.2 Å². The molecule has 0 aliphatic carbocycles. The molecule has 0 bridgehead atoms. The molecule has 0 aromatic heterocycles. The maximum absolute atomic E-state index is 12.6. The van der Waals surface area contributed by atoms with Crippen LogP contribution in [0.2, 0.25) is 10.0 Å². The van der Waals surface area contributed by atoms with E-state index in [-0.39, 0.29) is 39.0 Å². The summed E-state index contributed by atoms with van der Waals surface area (Å²) in [6.07, 6.45) is -0.251. The van der Waals surface area contributed by atoms with Gasteiger partial charge in [0, 0.05) is 18.1 Å². The molecule has 25 heavy (non-hydrogen) atoms. The van der Waals surface area contributed by atoms with Crippen LogP contribution < -0.4 is 4.74 Å². The van der Waals surface area contributed by atoms with Crippen LogP contribution in [0.3, 0.4) is 0 Å². The van der Waals surface area contributed by atoms with Crippen LogP contribution in [0.15, 0.2) is 30.3 Å². The molecule has 2 rings (SSSR count). The maximum atomic E-state index is 12.6. The third kappa shape index (κ3) is 4.27. The Kier molecular flexibility index (Phi) is 5.97. The number of nitriles is 1. The molecule has 2 aromatic rings. The summed E-state index contributed by atoms with van der Waals surface area (Å²) >= 11 is 11.7. The Labute approximate surface area is 153 Å². The Hall–Kier alpha value is -2.62. The summed E-state index contributed by atoms with van der Waals surface area (Å²) in [6.45, 7) is 2.05. The molecule has 8 heteroatoms. The molecular weight excluding hydrogens is 367 g/mol. The molecule has 0 saturated heterocycles. The summed E-state index contributed by atoms with van der Waals surface area (Å²) in [6, 6.07) is 8.81. The Morgan fingerprint density at radius 1 is 1.28 bits per heavy atom. The lowest BCUT2D eigenvalue weighted by Crippen LogP contribution is -2.09. The van der Waals surface area contributed by atoms with Crippen LogP contribution >= 0.6 is 23.2 Å². The Bertz CT molecular complexity index is 891. The van der Waals surface area contributed by atoms with E-state index in [1.807, 2.05) is 6.07 Å². The molecule has 6 nitrogen and oxygen atoms in total. The van der Waals surface area contributed by atoms with E-state index in [0.29, 0.717) is 12.2 Å². The van der Waals surface area contributed by atoms with Crippen LogP contribution in [0.1, 0.15) is 28.4 Å². The summed E-state index contributed by atoms with van der Waals surface area (Å²) < 4.78 is 5.41. The SMILES string of the molecule is CCOc1cc(C#N)ccc1C(=O)Cc1cc(Cl)c(Cl)cc1[N+](=O)[O-]. The van der Waals surface area contributed by atoms with Crippen LogP contribution in [-0.4, -0.2) is 17.3 Å². The minimum absolute atomic E-state index is 0.0398. The van der Waals surface area contributed by atoms with Crippen molar-refractivity contribution in [3.8, 4) is 11.8 Å². The summed E-state index contributed by atoms with van der Waals surface area (Å²) in [5, 5.41) is 20.3. The van der Waals surface area contributed by atoms with Gasteiger partial charge >= 0.3 is 0 Å². The number of ether oxygens (including phenoxy) is 1. The van der Waals surface area contributed by atoms with Gasteiger partial charge in [-0.05, 0) is 31.2 Å². The topological polar surface area (TPSA) is 93.2 Å². The molecule has 0 atom stereocenters.